The molecular weight excluding hydrogens is 280 g/mol. The Hall–Kier alpha value is -2.01. The first-order valence-corrected chi connectivity index (χ1v) is 7.73. The Bertz CT molecular complexity index is 680. The molecule has 5 nitrogen and oxygen atoms in total. The monoisotopic (exact) mass is 302 g/mol. The van der Waals surface area contributed by atoms with Crippen molar-refractivity contribution in [1.29, 1.82) is 0 Å². The largest absolute Gasteiger partial charge is 0.459 e. The first kappa shape index (κ1) is 14.9. The van der Waals surface area contributed by atoms with Crippen LogP contribution in [0.25, 0.3) is 11.0 Å². The average molecular weight is 302 g/mol. The van der Waals surface area contributed by atoms with Crippen molar-refractivity contribution in [3.8, 4) is 0 Å². The van der Waals surface area contributed by atoms with Crippen molar-refractivity contribution < 1.29 is 13.9 Å². The summed E-state index contributed by atoms with van der Waals surface area (Å²) < 4.78 is 11.3. The normalized spacial score (nSPS) is 22.7. The number of urea groups is 1. The van der Waals surface area contributed by atoms with E-state index < -0.39 is 0 Å². The lowest BCUT2D eigenvalue weighted by Crippen LogP contribution is -2.45. The fourth-order valence-corrected chi connectivity index (χ4v) is 3.00. The smallest absolute Gasteiger partial charge is 0.315 e. The summed E-state index contributed by atoms with van der Waals surface area (Å²) in [6, 6.07) is 7.60. The zero-order valence-electron chi connectivity index (χ0n) is 13.2. The van der Waals surface area contributed by atoms with Gasteiger partial charge in [-0.15, -0.1) is 0 Å². The van der Waals surface area contributed by atoms with Crippen LogP contribution in [0.2, 0.25) is 0 Å². The van der Waals surface area contributed by atoms with Crippen LogP contribution >= 0.6 is 0 Å². The molecule has 0 radical (unpaired) electrons. The van der Waals surface area contributed by atoms with Gasteiger partial charge in [-0.1, -0.05) is 18.2 Å². The molecule has 2 N–H and O–H groups in total. The minimum atomic E-state index is -0.190. The quantitative estimate of drug-likeness (QED) is 0.914. The highest BCUT2D eigenvalue weighted by Crippen LogP contribution is 2.29. The highest BCUT2D eigenvalue weighted by Gasteiger charge is 2.26. The third-order valence-corrected chi connectivity index (χ3v) is 4.31. The Balaban J connectivity index is 1.69. The molecule has 1 aromatic heterocycles. The molecule has 5 heteroatoms. The van der Waals surface area contributed by atoms with Crippen LogP contribution in [0.15, 0.2) is 28.7 Å². The van der Waals surface area contributed by atoms with E-state index in [9.17, 15) is 4.79 Å². The first-order valence-electron chi connectivity index (χ1n) is 7.73. The van der Waals surface area contributed by atoms with Crippen LogP contribution in [0.1, 0.15) is 37.6 Å². The summed E-state index contributed by atoms with van der Waals surface area (Å²) in [7, 11) is 0. The lowest BCUT2D eigenvalue weighted by Gasteiger charge is -2.19. The molecule has 3 rings (SSSR count). The van der Waals surface area contributed by atoms with Crippen LogP contribution in [-0.2, 0) is 4.74 Å². The topological polar surface area (TPSA) is 63.5 Å². The molecule has 2 aromatic rings. The number of ether oxygens (including phenoxy) is 1. The second kappa shape index (κ2) is 6.01. The van der Waals surface area contributed by atoms with E-state index in [-0.39, 0.29) is 24.2 Å². The Kier molecular flexibility index (Phi) is 4.07. The van der Waals surface area contributed by atoms with Crippen LogP contribution in [0, 0.1) is 6.92 Å². The molecule has 118 valence electrons. The van der Waals surface area contributed by atoms with Crippen molar-refractivity contribution in [1.82, 2.24) is 10.6 Å². The van der Waals surface area contributed by atoms with Crippen molar-refractivity contribution in [2.45, 2.75) is 45.4 Å². The van der Waals surface area contributed by atoms with E-state index in [1.807, 2.05) is 45.0 Å². The van der Waals surface area contributed by atoms with Gasteiger partial charge in [0, 0.05) is 17.6 Å². The van der Waals surface area contributed by atoms with Crippen molar-refractivity contribution in [2.24, 2.45) is 0 Å². The standard InChI is InChI=1S/C17H22N2O3/c1-10-13-6-4-5-7-15(13)22-16(10)11(2)18-17(20)19-14-8-9-21-12(14)3/h4-7,11-12,14H,8-9H2,1-3H3,(H2,18,19,20)/t11-,12?,14?/m1/s1. The van der Waals surface area contributed by atoms with Gasteiger partial charge in [-0.05, 0) is 33.3 Å². The maximum atomic E-state index is 12.1. The molecule has 1 saturated heterocycles. The molecule has 1 aromatic carbocycles. The molecular formula is C17H22N2O3. The third-order valence-electron chi connectivity index (χ3n) is 4.31. The number of aryl methyl sites for hydroxylation is 1. The van der Waals surface area contributed by atoms with Crippen LogP contribution < -0.4 is 10.6 Å². The first-order chi connectivity index (χ1) is 10.6. The lowest BCUT2D eigenvalue weighted by molar-refractivity contribution is 0.114. The summed E-state index contributed by atoms with van der Waals surface area (Å²) in [5.74, 6) is 0.798. The number of carbonyl (C=O) groups excluding carboxylic acids is 1. The number of hydrogen-bond donors (Lipinski definition) is 2. The number of rotatable bonds is 3. The highest BCUT2D eigenvalue weighted by molar-refractivity contribution is 5.82. The molecule has 1 aliphatic rings. The number of nitrogens with one attached hydrogen (secondary N) is 2. The van der Waals surface area contributed by atoms with Gasteiger partial charge in [0.1, 0.15) is 11.3 Å². The SMILES string of the molecule is Cc1c([C@@H](C)NC(=O)NC2CCOC2C)oc2ccccc12. The number of fused-ring (bicyclic) bond motifs is 1. The number of hydrogen-bond acceptors (Lipinski definition) is 3. The second-order valence-corrected chi connectivity index (χ2v) is 5.90. The molecule has 1 aliphatic heterocycles. The van der Waals surface area contributed by atoms with E-state index >= 15 is 0 Å². The minimum absolute atomic E-state index is 0.0639. The van der Waals surface area contributed by atoms with Crippen molar-refractivity contribution in [2.75, 3.05) is 6.61 Å². The highest BCUT2D eigenvalue weighted by atomic mass is 16.5. The zero-order valence-corrected chi connectivity index (χ0v) is 13.2. The summed E-state index contributed by atoms with van der Waals surface area (Å²) in [6.45, 7) is 6.62. The van der Waals surface area contributed by atoms with Gasteiger partial charge in [0.25, 0.3) is 0 Å². The van der Waals surface area contributed by atoms with E-state index in [0.717, 1.165) is 28.7 Å². The predicted octanol–water partition coefficient (Wildman–Crippen LogP) is 3.28. The van der Waals surface area contributed by atoms with Crippen LogP contribution in [0.5, 0.6) is 0 Å². The van der Waals surface area contributed by atoms with Gasteiger partial charge in [0.05, 0.1) is 18.2 Å². The summed E-state index contributed by atoms with van der Waals surface area (Å²) in [6.07, 6.45) is 0.918. The van der Waals surface area contributed by atoms with E-state index in [4.69, 9.17) is 9.15 Å². The van der Waals surface area contributed by atoms with Gasteiger partial charge in [0.2, 0.25) is 0 Å². The summed E-state index contributed by atoms with van der Waals surface area (Å²) in [4.78, 5) is 12.1. The second-order valence-electron chi connectivity index (χ2n) is 5.90. The molecule has 0 spiro atoms. The molecule has 0 aliphatic carbocycles. The molecule has 3 atom stereocenters. The molecule has 2 unspecified atom stereocenters. The molecule has 0 saturated carbocycles. The number of benzene rings is 1. The third kappa shape index (κ3) is 2.81. The number of furan rings is 1. The van der Waals surface area contributed by atoms with E-state index in [1.54, 1.807) is 0 Å². The Morgan fingerprint density at radius 1 is 1.36 bits per heavy atom. The van der Waals surface area contributed by atoms with Gasteiger partial charge in [-0.3, -0.25) is 0 Å². The lowest BCUT2D eigenvalue weighted by atomic mass is 10.1. The predicted molar refractivity (Wildman–Crippen MR) is 84.9 cm³/mol. The fourth-order valence-electron chi connectivity index (χ4n) is 3.00. The Labute approximate surface area is 130 Å². The van der Waals surface area contributed by atoms with E-state index in [1.165, 1.54) is 0 Å². The zero-order chi connectivity index (χ0) is 15.7. The van der Waals surface area contributed by atoms with Crippen LogP contribution in [-0.4, -0.2) is 24.8 Å². The van der Waals surface area contributed by atoms with E-state index in [0.29, 0.717) is 6.61 Å². The van der Waals surface area contributed by atoms with Gasteiger partial charge < -0.3 is 19.8 Å². The van der Waals surface area contributed by atoms with Crippen LogP contribution in [0.4, 0.5) is 4.79 Å². The van der Waals surface area contributed by atoms with Gasteiger partial charge in [0.15, 0.2) is 0 Å². The molecule has 1 fully saturated rings. The molecule has 2 amide bonds. The van der Waals surface area contributed by atoms with Gasteiger partial charge in [-0.2, -0.15) is 0 Å². The minimum Gasteiger partial charge on any atom is -0.459 e. The van der Waals surface area contributed by atoms with E-state index in [2.05, 4.69) is 10.6 Å². The van der Waals surface area contributed by atoms with Crippen LogP contribution in [0.3, 0.4) is 0 Å². The summed E-state index contributed by atoms with van der Waals surface area (Å²) >= 11 is 0. The average Bonchev–Trinajstić information content (AvgIpc) is 3.04. The number of amides is 2. The van der Waals surface area contributed by atoms with Crippen molar-refractivity contribution >= 4 is 17.0 Å². The summed E-state index contributed by atoms with van der Waals surface area (Å²) in [5.41, 5.74) is 1.92. The van der Waals surface area contributed by atoms with Gasteiger partial charge >= 0.3 is 6.03 Å². The maximum Gasteiger partial charge on any atom is 0.315 e. The summed E-state index contributed by atoms with van der Waals surface area (Å²) in [5, 5.41) is 7.00. The Morgan fingerprint density at radius 2 is 2.14 bits per heavy atom. The fraction of sp³-hybridized carbons (Fsp3) is 0.471. The molecule has 22 heavy (non-hydrogen) atoms. The Morgan fingerprint density at radius 3 is 2.82 bits per heavy atom. The maximum absolute atomic E-state index is 12.1. The molecule has 0 bridgehead atoms. The number of carbonyl (C=O) groups is 1. The van der Waals surface area contributed by atoms with Gasteiger partial charge in [-0.25, -0.2) is 4.79 Å². The van der Waals surface area contributed by atoms with Crippen molar-refractivity contribution in [3.63, 3.8) is 0 Å². The molecule has 2 heterocycles. The van der Waals surface area contributed by atoms with Crippen molar-refractivity contribution in [3.05, 3.63) is 35.6 Å². The number of para-hydroxylation sites is 1.